The molecule has 0 rings (SSSR count). The standard InChI is InChI=1S/C10H26OSi2/c1-7-9-10-13(5,6)11-12(3,4)8-2/h7-10H2,1-6H3. The molecule has 1 nitrogen and oxygen atoms in total. The van der Waals surface area contributed by atoms with Crippen molar-refractivity contribution in [3.05, 3.63) is 0 Å². The zero-order valence-electron chi connectivity index (χ0n) is 10.2. The smallest absolute Gasteiger partial charge is 0.173 e. The van der Waals surface area contributed by atoms with Gasteiger partial charge in [0.05, 0.1) is 0 Å². The molecule has 0 aliphatic heterocycles. The summed E-state index contributed by atoms with van der Waals surface area (Å²) in [5.41, 5.74) is 0. The number of hydrogen-bond donors (Lipinski definition) is 0. The van der Waals surface area contributed by atoms with E-state index in [-0.39, 0.29) is 0 Å². The van der Waals surface area contributed by atoms with Crippen LogP contribution in [0.2, 0.25) is 38.3 Å². The first-order valence-corrected chi connectivity index (χ1v) is 11.8. The quantitative estimate of drug-likeness (QED) is 0.606. The van der Waals surface area contributed by atoms with Crippen LogP contribution in [0.5, 0.6) is 0 Å². The van der Waals surface area contributed by atoms with Gasteiger partial charge in [0, 0.05) is 0 Å². The molecule has 0 unspecified atom stereocenters. The average molecular weight is 218 g/mol. The van der Waals surface area contributed by atoms with E-state index in [0.717, 1.165) is 0 Å². The highest BCUT2D eigenvalue weighted by Gasteiger charge is 2.30. The van der Waals surface area contributed by atoms with Crippen LogP contribution in [-0.4, -0.2) is 16.6 Å². The summed E-state index contributed by atoms with van der Waals surface area (Å²) in [7, 11) is -2.62. The predicted molar refractivity (Wildman–Crippen MR) is 66.2 cm³/mol. The maximum Gasteiger partial charge on any atom is 0.173 e. The van der Waals surface area contributed by atoms with Crippen molar-refractivity contribution in [2.75, 3.05) is 0 Å². The molecule has 3 heteroatoms. The minimum Gasteiger partial charge on any atom is -0.456 e. The normalized spacial score (nSPS) is 13.4. The molecule has 0 atom stereocenters. The average Bonchev–Trinajstić information content (AvgIpc) is 1.99. The summed E-state index contributed by atoms with van der Waals surface area (Å²) in [5.74, 6) is 0. The van der Waals surface area contributed by atoms with Gasteiger partial charge in [-0.25, -0.2) is 0 Å². The van der Waals surface area contributed by atoms with Crippen molar-refractivity contribution in [3.63, 3.8) is 0 Å². The highest BCUT2D eigenvalue weighted by Crippen LogP contribution is 2.22. The molecule has 0 aliphatic carbocycles. The summed E-state index contributed by atoms with van der Waals surface area (Å²) in [5, 5.41) is 0. The minimum absolute atomic E-state index is 1.25. The fourth-order valence-electron chi connectivity index (χ4n) is 1.47. The van der Waals surface area contributed by atoms with E-state index in [4.69, 9.17) is 4.12 Å². The summed E-state index contributed by atoms with van der Waals surface area (Å²) < 4.78 is 6.35. The van der Waals surface area contributed by atoms with E-state index in [0.29, 0.717) is 0 Å². The van der Waals surface area contributed by atoms with Gasteiger partial charge in [-0.1, -0.05) is 26.7 Å². The second-order valence-corrected chi connectivity index (χ2v) is 14.1. The van der Waals surface area contributed by atoms with Crippen LogP contribution in [0.3, 0.4) is 0 Å². The van der Waals surface area contributed by atoms with Gasteiger partial charge in [-0.3, -0.25) is 0 Å². The molecular weight excluding hydrogens is 192 g/mol. The van der Waals surface area contributed by atoms with Crippen molar-refractivity contribution in [3.8, 4) is 0 Å². The van der Waals surface area contributed by atoms with E-state index < -0.39 is 16.6 Å². The third-order valence-corrected chi connectivity index (χ3v) is 10.2. The summed E-state index contributed by atoms with van der Waals surface area (Å²) in [4.78, 5) is 0. The fraction of sp³-hybridized carbons (Fsp3) is 1.00. The Bertz CT molecular complexity index is 144. The molecule has 0 fully saturated rings. The van der Waals surface area contributed by atoms with Crippen LogP contribution in [0, 0.1) is 0 Å². The SMILES string of the molecule is CCCC[Si](C)(C)O[Si](C)(C)CC. The molecular formula is C10H26OSi2. The van der Waals surface area contributed by atoms with Crippen molar-refractivity contribution >= 4 is 16.6 Å². The van der Waals surface area contributed by atoms with Crippen molar-refractivity contribution in [2.24, 2.45) is 0 Å². The molecule has 0 aromatic rings. The Morgan fingerprint density at radius 1 is 0.923 bits per heavy atom. The van der Waals surface area contributed by atoms with Crippen molar-refractivity contribution in [1.29, 1.82) is 0 Å². The van der Waals surface area contributed by atoms with Gasteiger partial charge < -0.3 is 4.12 Å². The van der Waals surface area contributed by atoms with Gasteiger partial charge in [0.2, 0.25) is 0 Å². The Labute approximate surface area is 86.1 Å². The van der Waals surface area contributed by atoms with Crippen LogP contribution < -0.4 is 0 Å². The Hall–Kier alpha value is 0.394. The van der Waals surface area contributed by atoms with E-state index in [1.165, 1.54) is 24.9 Å². The second kappa shape index (κ2) is 5.32. The van der Waals surface area contributed by atoms with Gasteiger partial charge in [0.15, 0.2) is 16.6 Å². The predicted octanol–water partition coefficient (Wildman–Crippen LogP) is 4.23. The third-order valence-electron chi connectivity index (χ3n) is 2.54. The zero-order chi connectivity index (χ0) is 10.5. The van der Waals surface area contributed by atoms with Crippen molar-refractivity contribution in [1.82, 2.24) is 0 Å². The lowest BCUT2D eigenvalue weighted by molar-refractivity contribution is 0.535. The van der Waals surface area contributed by atoms with Gasteiger partial charge in [0.25, 0.3) is 0 Å². The Morgan fingerprint density at radius 2 is 1.46 bits per heavy atom. The second-order valence-electron chi connectivity index (χ2n) is 5.08. The third kappa shape index (κ3) is 6.46. The summed E-state index contributed by atoms with van der Waals surface area (Å²) >= 11 is 0. The van der Waals surface area contributed by atoms with Crippen LogP contribution in [0.4, 0.5) is 0 Å². The fourth-order valence-corrected chi connectivity index (χ4v) is 9.65. The van der Waals surface area contributed by atoms with E-state index in [1.54, 1.807) is 0 Å². The zero-order valence-corrected chi connectivity index (χ0v) is 12.2. The van der Waals surface area contributed by atoms with Crippen molar-refractivity contribution in [2.45, 2.75) is 65.0 Å². The Kier molecular flexibility index (Phi) is 5.48. The van der Waals surface area contributed by atoms with Gasteiger partial charge in [-0.05, 0) is 38.3 Å². The molecule has 80 valence electrons. The molecule has 0 aliphatic rings. The van der Waals surface area contributed by atoms with Gasteiger partial charge >= 0.3 is 0 Å². The highest BCUT2D eigenvalue weighted by molar-refractivity contribution is 6.84. The summed E-state index contributed by atoms with van der Waals surface area (Å²) in [6.07, 6.45) is 2.64. The molecule has 0 radical (unpaired) electrons. The monoisotopic (exact) mass is 218 g/mol. The van der Waals surface area contributed by atoms with Crippen LogP contribution in [0.1, 0.15) is 26.7 Å². The lowest BCUT2D eigenvalue weighted by atomic mass is 10.4. The van der Waals surface area contributed by atoms with Crippen LogP contribution in [0.15, 0.2) is 0 Å². The van der Waals surface area contributed by atoms with Crippen molar-refractivity contribution < 1.29 is 4.12 Å². The Balaban J connectivity index is 4.00. The van der Waals surface area contributed by atoms with Gasteiger partial charge in [0.1, 0.15) is 0 Å². The first-order chi connectivity index (χ1) is 5.83. The summed E-state index contributed by atoms with van der Waals surface area (Å²) in [6, 6.07) is 2.58. The topological polar surface area (TPSA) is 9.23 Å². The van der Waals surface area contributed by atoms with Gasteiger partial charge in [-0.2, -0.15) is 0 Å². The van der Waals surface area contributed by atoms with E-state index in [9.17, 15) is 0 Å². The van der Waals surface area contributed by atoms with E-state index in [1.807, 2.05) is 0 Å². The minimum atomic E-state index is -1.32. The molecule has 0 heterocycles. The van der Waals surface area contributed by atoms with Crippen LogP contribution in [-0.2, 0) is 4.12 Å². The number of hydrogen-bond acceptors (Lipinski definition) is 1. The molecule has 0 spiro atoms. The lowest BCUT2D eigenvalue weighted by Gasteiger charge is -2.33. The number of unbranched alkanes of at least 4 members (excludes halogenated alkanes) is 1. The summed E-state index contributed by atoms with van der Waals surface area (Å²) in [6.45, 7) is 13.9. The Morgan fingerprint density at radius 3 is 1.85 bits per heavy atom. The largest absolute Gasteiger partial charge is 0.456 e. The van der Waals surface area contributed by atoms with E-state index >= 15 is 0 Å². The molecule has 0 saturated heterocycles. The molecule has 0 aromatic carbocycles. The van der Waals surface area contributed by atoms with Gasteiger partial charge in [-0.15, -0.1) is 0 Å². The molecule has 0 aromatic heterocycles. The first kappa shape index (κ1) is 13.4. The number of rotatable bonds is 6. The molecule has 0 N–H and O–H groups in total. The van der Waals surface area contributed by atoms with Crippen LogP contribution >= 0.6 is 0 Å². The first-order valence-electron chi connectivity index (χ1n) is 5.53. The molecule has 13 heavy (non-hydrogen) atoms. The molecule has 0 amide bonds. The lowest BCUT2D eigenvalue weighted by Crippen LogP contribution is -2.43. The van der Waals surface area contributed by atoms with E-state index in [2.05, 4.69) is 40.0 Å². The molecule has 0 saturated carbocycles. The maximum atomic E-state index is 6.35. The van der Waals surface area contributed by atoms with Crippen LogP contribution in [0.25, 0.3) is 0 Å². The highest BCUT2D eigenvalue weighted by atomic mass is 28.4. The maximum absolute atomic E-state index is 6.35. The molecule has 0 bridgehead atoms.